The third-order valence-electron chi connectivity index (χ3n) is 3.60. The number of benzene rings is 2. The van der Waals surface area contributed by atoms with Gasteiger partial charge in [0.2, 0.25) is 5.91 Å². The van der Waals surface area contributed by atoms with Gasteiger partial charge >= 0.3 is 0 Å². The van der Waals surface area contributed by atoms with E-state index in [4.69, 9.17) is 16.3 Å². The fourth-order valence-electron chi connectivity index (χ4n) is 2.46. The summed E-state index contributed by atoms with van der Waals surface area (Å²) >= 11 is 7.54. The van der Waals surface area contributed by atoms with Gasteiger partial charge in [0.05, 0.1) is 13.2 Å². The first-order valence-electron chi connectivity index (χ1n) is 7.83. The summed E-state index contributed by atoms with van der Waals surface area (Å²) in [5, 5.41) is 6.96. The molecule has 4 nitrogen and oxygen atoms in total. The average Bonchev–Trinajstić information content (AvgIpc) is 2.58. The van der Waals surface area contributed by atoms with Crippen LogP contribution in [0.4, 0.5) is 5.69 Å². The summed E-state index contributed by atoms with van der Waals surface area (Å²) in [7, 11) is 0. The molecule has 0 aromatic heterocycles. The maximum atomic E-state index is 12.2. The van der Waals surface area contributed by atoms with Gasteiger partial charge in [0.25, 0.3) is 0 Å². The van der Waals surface area contributed by atoms with Crippen molar-refractivity contribution in [1.82, 2.24) is 5.32 Å². The zero-order valence-electron chi connectivity index (χ0n) is 13.1. The Labute approximate surface area is 150 Å². The molecule has 1 aliphatic rings. The zero-order chi connectivity index (χ0) is 16.8. The molecule has 1 heterocycles. The van der Waals surface area contributed by atoms with Crippen LogP contribution in [0.1, 0.15) is 6.42 Å². The molecule has 0 radical (unpaired) electrons. The van der Waals surface area contributed by atoms with Crippen LogP contribution >= 0.6 is 23.4 Å². The van der Waals surface area contributed by atoms with Gasteiger partial charge in [-0.15, -0.1) is 0 Å². The second-order valence-electron chi connectivity index (χ2n) is 5.56. The lowest BCUT2D eigenvalue weighted by molar-refractivity contribution is -0.117. The Bertz CT molecular complexity index is 688. The zero-order valence-corrected chi connectivity index (χ0v) is 14.7. The summed E-state index contributed by atoms with van der Waals surface area (Å²) in [6.45, 7) is 2.09. The molecule has 3 rings (SSSR count). The fourth-order valence-corrected chi connectivity index (χ4v) is 3.47. The molecular formula is C18H19ClN2O2S. The summed E-state index contributed by atoms with van der Waals surface area (Å²) in [5.74, 6) is -0.00774. The van der Waals surface area contributed by atoms with Crippen LogP contribution in [0.5, 0.6) is 0 Å². The van der Waals surface area contributed by atoms with E-state index >= 15 is 0 Å². The number of halogens is 1. The van der Waals surface area contributed by atoms with Gasteiger partial charge in [-0.3, -0.25) is 4.79 Å². The van der Waals surface area contributed by atoms with Crippen LogP contribution in [0.25, 0.3) is 0 Å². The summed E-state index contributed by atoms with van der Waals surface area (Å²) in [6.07, 6.45) is 0.411. The van der Waals surface area contributed by atoms with Gasteiger partial charge < -0.3 is 15.4 Å². The van der Waals surface area contributed by atoms with E-state index in [0.29, 0.717) is 19.6 Å². The standard InChI is InChI=1S/C18H19ClN2O2S/c19-13-4-6-16(7-5-13)24-17-3-1-2-14(10-17)21-18(22)11-15-12-23-9-8-20-15/h1-7,10,15,20H,8-9,11-12H2,(H,21,22). The Hall–Kier alpha value is -1.53. The van der Waals surface area contributed by atoms with E-state index in [1.54, 1.807) is 11.8 Å². The van der Waals surface area contributed by atoms with Gasteiger partial charge in [0.15, 0.2) is 0 Å². The summed E-state index contributed by atoms with van der Waals surface area (Å²) in [5.41, 5.74) is 0.802. The second kappa shape index (κ2) is 8.53. The number of hydrogen-bond acceptors (Lipinski definition) is 4. The first-order chi connectivity index (χ1) is 11.7. The predicted octanol–water partition coefficient (Wildman–Crippen LogP) is 3.81. The highest BCUT2D eigenvalue weighted by atomic mass is 35.5. The Morgan fingerprint density at radius 1 is 1.25 bits per heavy atom. The molecule has 0 aliphatic carbocycles. The molecule has 1 amide bonds. The van der Waals surface area contributed by atoms with E-state index in [0.717, 1.165) is 27.0 Å². The van der Waals surface area contributed by atoms with E-state index in [2.05, 4.69) is 10.6 Å². The second-order valence-corrected chi connectivity index (χ2v) is 7.15. The molecule has 2 aromatic carbocycles. The van der Waals surface area contributed by atoms with E-state index in [1.165, 1.54) is 0 Å². The van der Waals surface area contributed by atoms with Gasteiger partial charge in [0, 0.05) is 39.5 Å². The Kier molecular flexibility index (Phi) is 6.15. The van der Waals surface area contributed by atoms with E-state index in [1.807, 2.05) is 48.5 Å². The largest absolute Gasteiger partial charge is 0.378 e. The van der Waals surface area contributed by atoms with Crippen molar-refractivity contribution in [2.24, 2.45) is 0 Å². The predicted molar refractivity (Wildman–Crippen MR) is 97.9 cm³/mol. The summed E-state index contributed by atoms with van der Waals surface area (Å²) < 4.78 is 5.37. The Morgan fingerprint density at radius 2 is 2.08 bits per heavy atom. The van der Waals surface area contributed by atoms with Crippen molar-refractivity contribution in [3.8, 4) is 0 Å². The number of nitrogens with one attached hydrogen (secondary N) is 2. The maximum absolute atomic E-state index is 12.2. The van der Waals surface area contributed by atoms with Crippen molar-refractivity contribution in [3.63, 3.8) is 0 Å². The SMILES string of the molecule is O=C(CC1COCCN1)Nc1cccc(Sc2ccc(Cl)cc2)c1. The third kappa shape index (κ3) is 5.24. The average molecular weight is 363 g/mol. The highest BCUT2D eigenvalue weighted by molar-refractivity contribution is 7.99. The Morgan fingerprint density at radius 3 is 2.83 bits per heavy atom. The monoisotopic (exact) mass is 362 g/mol. The minimum atomic E-state index is -0.00774. The van der Waals surface area contributed by atoms with Crippen LogP contribution in [0.2, 0.25) is 5.02 Å². The van der Waals surface area contributed by atoms with Gasteiger partial charge in [-0.05, 0) is 42.5 Å². The van der Waals surface area contributed by atoms with Crippen LogP contribution < -0.4 is 10.6 Å². The van der Waals surface area contributed by atoms with E-state index < -0.39 is 0 Å². The molecule has 1 aliphatic heterocycles. The van der Waals surface area contributed by atoms with Crippen molar-refractivity contribution in [2.45, 2.75) is 22.3 Å². The smallest absolute Gasteiger partial charge is 0.226 e. The van der Waals surface area contributed by atoms with E-state index in [-0.39, 0.29) is 11.9 Å². The van der Waals surface area contributed by atoms with Crippen LogP contribution in [-0.2, 0) is 9.53 Å². The molecular weight excluding hydrogens is 344 g/mol. The lowest BCUT2D eigenvalue weighted by Gasteiger charge is -2.23. The van der Waals surface area contributed by atoms with Crippen LogP contribution in [-0.4, -0.2) is 31.7 Å². The Balaban J connectivity index is 1.58. The topological polar surface area (TPSA) is 50.4 Å². The summed E-state index contributed by atoms with van der Waals surface area (Å²) in [6, 6.07) is 15.6. The molecule has 2 aromatic rings. The van der Waals surface area contributed by atoms with Gasteiger partial charge in [-0.1, -0.05) is 29.4 Å². The number of morpholine rings is 1. The third-order valence-corrected chi connectivity index (χ3v) is 4.85. The lowest BCUT2D eigenvalue weighted by atomic mass is 10.2. The highest BCUT2D eigenvalue weighted by Gasteiger charge is 2.16. The number of rotatable bonds is 5. The summed E-state index contributed by atoms with van der Waals surface area (Å²) in [4.78, 5) is 14.3. The number of carbonyl (C=O) groups is 1. The van der Waals surface area contributed by atoms with Crippen LogP contribution in [0.3, 0.4) is 0 Å². The van der Waals surface area contributed by atoms with Crippen LogP contribution in [0.15, 0.2) is 58.3 Å². The molecule has 126 valence electrons. The van der Waals surface area contributed by atoms with Gasteiger partial charge in [-0.2, -0.15) is 0 Å². The molecule has 6 heteroatoms. The van der Waals surface area contributed by atoms with Crippen molar-refractivity contribution in [3.05, 3.63) is 53.6 Å². The number of carbonyl (C=O) groups excluding carboxylic acids is 1. The molecule has 1 atom stereocenters. The number of hydrogen-bond donors (Lipinski definition) is 2. The minimum Gasteiger partial charge on any atom is -0.378 e. The normalized spacial score (nSPS) is 17.5. The molecule has 1 unspecified atom stereocenters. The molecule has 1 fully saturated rings. The van der Waals surface area contributed by atoms with Gasteiger partial charge in [-0.25, -0.2) is 0 Å². The molecule has 24 heavy (non-hydrogen) atoms. The van der Waals surface area contributed by atoms with Crippen molar-refractivity contribution in [2.75, 3.05) is 25.1 Å². The number of ether oxygens (including phenoxy) is 1. The maximum Gasteiger partial charge on any atom is 0.226 e. The fraction of sp³-hybridized carbons (Fsp3) is 0.278. The highest BCUT2D eigenvalue weighted by Crippen LogP contribution is 2.30. The molecule has 0 bridgehead atoms. The minimum absolute atomic E-state index is 0.00774. The first-order valence-corrected chi connectivity index (χ1v) is 9.03. The molecule has 0 spiro atoms. The van der Waals surface area contributed by atoms with Crippen molar-refractivity contribution in [1.29, 1.82) is 0 Å². The van der Waals surface area contributed by atoms with Gasteiger partial charge in [0.1, 0.15) is 0 Å². The lowest BCUT2D eigenvalue weighted by Crippen LogP contribution is -2.43. The number of amides is 1. The van der Waals surface area contributed by atoms with E-state index in [9.17, 15) is 4.79 Å². The first kappa shape index (κ1) is 17.3. The molecule has 1 saturated heterocycles. The quantitative estimate of drug-likeness (QED) is 0.849. The number of anilines is 1. The van der Waals surface area contributed by atoms with Crippen LogP contribution in [0, 0.1) is 0 Å². The molecule has 0 saturated carbocycles. The van der Waals surface area contributed by atoms with Crippen molar-refractivity contribution >= 4 is 35.0 Å². The van der Waals surface area contributed by atoms with Crippen molar-refractivity contribution < 1.29 is 9.53 Å². The molecule has 2 N–H and O–H groups in total.